The van der Waals surface area contributed by atoms with Gasteiger partial charge in [-0.25, -0.2) is 4.79 Å². The molecule has 0 aromatic heterocycles. The van der Waals surface area contributed by atoms with Gasteiger partial charge in [-0.2, -0.15) is 0 Å². The lowest BCUT2D eigenvalue weighted by molar-refractivity contribution is -0.238. The summed E-state index contributed by atoms with van der Waals surface area (Å²) in [6, 6.07) is 0. The number of nitrogens with zero attached hydrogens (tertiary/aromatic N) is 1. The van der Waals surface area contributed by atoms with Crippen molar-refractivity contribution in [3.63, 3.8) is 0 Å². The Bertz CT molecular complexity index is 471. The summed E-state index contributed by atoms with van der Waals surface area (Å²) in [4.78, 5) is 48.0. The van der Waals surface area contributed by atoms with Crippen LogP contribution in [0.1, 0.15) is 26.7 Å². The number of carbonyl (C=O) groups excluding carboxylic acids is 3. The third kappa shape index (κ3) is 3.14. The summed E-state index contributed by atoms with van der Waals surface area (Å²) in [6.07, 6.45) is -0.476. The van der Waals surface area contributed by atoms with Crippen LogP contribution in [0.25, 0.3) is 0 Å². The van der Waals surface area contributed by atoms with E-state index < -0.39 is 41.4 Å². The van der Waals surface area contributed by atoms with Crippen molar-refractivity contribution in [3.05, 3.63) is 0 Å². The summed E-state index contributed by atoms with van der Waals surface area (Å²) in [5.41, 5.74) is 0. The Kier molecular flexibility index (Phi) is 3.89. The second kappa shape index (κ2) is 5.34. The molecule has 2 aliphatic rings. The van der Waals surface area contributed by atoms with Crippen molar-refractivity contribution in [2.24, 2.45) is 11.8 Å². The molecule has 2 rings (SSSR count). The van der Waals surface area contributed by atoms with Gasteiger partial charge in [0.15, 0.2) is 5.78 Å². The second-order valence-corrected chi connectivity index (χ2v) is 5.62. The van der Waals surface area contributed by atoms with Crippen molar-refractivity contribution in [1.29, 1.82) is 0 Å². The van der Waals surface area contributed by atoms with E-state index in [4.69, 9.17) is 14.6 Å². The zero-order valence-corrected chi connectivity index (χ0v) is 11.8. The molecule has 2 saturated heterocycles. The molecule has 0 spiro atoms. The molecule has 2 aliphatic heterocycles. The molecule has 8 nitrogen and oxygen atoms in total. The van der Waals surface area contributed by atoms with Gasteiger partial charge in [0.05, 0.1) is 0 Å². The summed E-state index contributed by atoms with van der Waals surface area (Å²) in [5, 5.41) is 8.85. The largest absolute Gasteiger partial charge is 0.465 e. The van der Waals surface area contributed by atoms with E-state index in [2.05, 4.69) is 0 Å². The Balaban J connectivity index is 2.02. The van der Waals surface area contributed by atoms with Crippen LogP contribution in [-0.2, 0) is 23.9 Å². The van der Waals surface area contributed by atoms with Crippen LogP contribution >= 0.6 is 0 Å². The molecule has 0 radical (unpaired) electrons. The van der Waals surface area contributed by atoms with Crippen LogP contribution in [0.15, 0.2) is 0 Å². The highest BCUT2D eigenvalue weighted by atomic mass is 16.7. The van der Waals surface area contributed by atoms with Crippen LogP contribution in [0, 0.1) is 11.8 Å². The van der Waals surface area contributed by atoms with Gasteiger partial charge in [0, 0.05) is 32.9 Å². The fourth-order valence-electron chi connectivity index (χ4n) is 2.54. The van der Waals surface area contributed by atoms with E-state index in [1.54, 1.807) is 0 Å². The summed E-state index contributed by atoms with van der Waals surface area (Å²) < 4.78 is 9.84. The molecule has 2 heterocycles. The minimum atomic E-state index is -1.56. The number of cyclic esters (lactones) is 2. The molecule has 1 N–H and O–H groups in total. The van der Waals surface area contributed by atoms with E-state index in [1.807, 2.05) is 0 Å². The Morgan fingerprint density at radius 2 is 1.62 bits per heavy atom. The van der Waals surface area contributed by atoms with Gasteiger partial charge in [0.2, 0.25) is 5.92 Å². The Labute approximate surface area is 121 Å². The maximum absolute atomic E-state index is 12.3. The smallest absolute Gasteiger partial charge is 0.407 e. The number of rotatable bonds is 2. The van der Waals surface area contributed by atoms with Gasteiger partial charge in [-0.1, -0.05) is 0 Å². The molecule has 0 atom stereocenters. The number of piperidine rings is 1. The van der Waals surface area contributed by atoms with Crippen LogP contribution in [0.2, 0.25) is 0 Å². The van der Waals surface area contributed by atoms with Crippen LogP contribution in [0.5, 0.6) is 0 Å². The summed E-state index contributed by atoms with van der Waals surface area (Å²) in [6.45, 7) is 3.23. The minimum absolute atomic E-state index is 0.202. The number of carbonyl (C=O) groups is 4. The van der Waals surface area contributed by atoms with E-state index >= 15 is 0 Å². The molecule has 8 heteroatoms. The molecule has 0 aliphatic carbocycles. The van der Waals surface area contributed by atoms with Gasteiger partial charge >= 0.3 is 18.0 Å². The van der Waals surface area contributed by atoms with E-state index in [1.165, 1.54) is 18.7 Å². The number of hydrogen-bond acceptors (Lipinski definition) is 6. The third-order valence-electron chi connectivity index (χ3n) is 3.62. The summed E-state index contributed by atoms with van der Waals surface area (Å²) in [5.74, 6) is -5.81. The van der Waals surface area contributed by atoms with Crippen molar-refractivity contribution < 1.29 is 33.8 Å². The first-order valence-corrected chi connectivity index (χ1v) is 6.68. The molecule has 21 heavy (non-hydrogen) atoms. The van der Waals surface area contributed by atoms with E-state index in [9.17, 15) is 19.2 Å². The first-order valence-electron chi connectivity index (χ1n) is 6.68. The van der Waals surface area contributed by atoms with Gasteiger partial charge in [-0.15, -0.1) is 0 Å². The average molecular weight is 299 g/mol. The number of ketones is 1. The average Bonchev–Trinajstić information content (AvgIpc) is 2.36. The SMILES string of the molecule is CC1(C)OC(=O)C(C(=O)C2CCN(C(=O)O)CC2)C(=O)O1. The zero-order valence-electron chi connectivity index (χ0n) is 11.8. The molecule has 0 unspecified atom stereocenters. The maximum Gasteiger partial charge on any atom is 0.407 e. The molecular formula is C13H17NO7. The highest BCUT2D eigenvalue weighted by molar-refractivity contribution is 6.16. The van der Waals surface area contributed by atoms with Crippen LogP contribution in [0.4, 0.5) is 4.79 Å². The van der Waals surface area contributed by atoms with Crippen molar-refractivity contribution in [2.75, 3.05) is 13.1 Å². The Hall–Kier alpha value is -2.12. The fraction of sp³-hybridized carbons (Fsp3) is 0.692. The molecule has 0 aromatic rings. The number of carboxylic acid groups (broad SMARTS) is 1. The molecule has 0 saturated carbocycles. The van der Waals surface area contributed by atoms with E-state index in [-0.39, 0.29) is 25.9 Å². The Morgan fingerprint density at radius 1 is 1.14 bits per heavy atom. The van der Waals surface area contributed by atoms with Crippen molar-refractivity contribution >= 4 is 23.8 Å². The second-order valence-electron chi connectivity index (χ2n) is 5.62. The number of likely N-dealkylation sites (tertiary alicyclic amines) is 1. The lowest BCUT2D eigenvalue weighted by Crippen LogP contribution is -2.51. The molecule has 116 valence electrons. The first-order chi connectivity index (χ1) is 9.71. The van der Waals surface area contributed by atoms with Gasteiger partial charge in [-0.3, -0.25) is 14.4 Å². The summed E-state index contributed by atoms with van der Waals surface area (Å²) >= 11 is 0. The molecular weight excluding hydrogens is 282 g/mol. The first kappa shape index (κ1) is 15.3. The predicted molar refractivity (Wildman–Crippen MR) is 67.1 cm³/mol. The van der Waals surface area contributed by atoms with Gasteiger partial charge in [0.1, 0.15) is 0 Å². The number of amides is 1. The predicted octanol–water partition coefficient (Wildman–Crippen LogP) is 0.398. The quantitative estimate of drug-likeness (QED) is 0.580. The normalized spacial score (nSPS) is 23.4. The minimum Gasteiger partial charge on any atom is -0.465 e. The highest BCUT2D eigenvalue weighted by Gasteiger charge is 2.49. The van der Waals surface area contributed by atoms with Crippen LogP contribution < -0.4 is 0 Å². The zero-order chi connectivity index (χ0) is 15.8. The summed E-state index contributed by atoms with van der Waals surface area (Å²) in [7, 11) is 0. The lowest BCUT2D eigenvalue weighted by Gasteiger charge is -2.35. The number of Topliss-reactive ketones (excluding diaryl/α,β-unsaturated/α-hetero) is 1. The maximum atomic E-state index is 12.3. The fourth-order valence-corrected chi connectivity index (χ4v) is 2.54. The topological polar surface area (TPSA) is 110 Å². The van der Waals surface area contributed by atoms with Crippen molar-refractivity contribution in [3.8, 4) is 0 Å². The molecule has 1 amide bonds. The van der Waals surface area contributed by atoms with Gasteiger partial charge in [-0.05, 0) is 12.8 Å². The molecule has 0 bridgehead atoms. The number of ether oxygens (including phenoxy) is 2. The monoisotopic (exact) mass is 299 g/mol. The molecule has 2 fully saturated rings. The Morgan fingerprint density at radius 3 is 2.05 bits per heavy atom. The standard InChI is InChI=1S/C13H17NO7/c1-13(2)20-10(16)8(11(17)21-13)9(15)7-3-5-14(6-4-7)12(18)19/h7-8H,3-6H2,1-2H3,(H,18,19). The van der Waals surface area contributed by atoms with Crippen molar-refractivity contribution in [1.82, 2.24) is 4.90 Å². The number of hydrogen-bond donors (Lipinski definition) is 1. The van der Waals surface area contributed by atoms with Gasteiger partial charge < -0.3 is 19.5 Å². The third-order valence-corrected chi connectivity index (χ3v) is 3.62. The van der Waals surface area contributed by atoms with Gasteiger partial charge in [0.25, 0.3) is 5.79 Å². The van der Waals surface area contributed by atoms with E-state index in [0.717, 1.165) is 0 Å². The van der Waals surface area contributed by atoms with Crippen LogP contribution in [0.3, 0.4) is 0 Å². The number of esters is 2. The highest BCUT2D eigenvalue weighted by Crippen LogP contribution is 2.28. The van der Waals surface area contributed by atoms with Crippen LogP contribution in [-0.4, -0.2) is 52.7 Å². The molecule has 0 aromatic carbocycles. The van der Waals surface area contributed by atoms with Crippen molar-refractivity contribution in [2.45, 2.75) is 32.5 Å². The lowest BCUT2D eigenvalue weighted by atomic mass is 9.85. The van der Waals surface area contributed by atoms with E-state index in [0.29, 0.717) is 0 Å².